The number of benzene rings is 3. The molecule has 1 heterocycles. The van der Waals surface area contributed by atoms with Crippen molar-refractivity contribution >= 4 is 0 Å². The molecule has 1 aliphatic rings. The Labute approximate surface area is 161 Å². The van der Waals surface area contributed by atoms with Crippen molar-refractivity contribution in [2.24, 2.45) is 0 Å². The quantitative estimate of drug-likeness (QED) is 0.579. The molecular weight excluding hydrogens is 334 g/mol. The summed E-state index contributed by atoms with van der Waals surface area (Å²) in [6.07, 6.45) is 2.09. The van der Waals surface area contributed by atoms with Crippen molar-refractivity contribution in [3.63, 3.8) is 0 Å². The molecular formula is C24H25NO2. The van der Waals surface area contributed by atoms with Crippen molar-refractivity contribution < 1.29 is 9.47 Å². The first-order valence-electron chi connectivity index (χ1n) is 9.56. The van der Waals surface area contributed by atoms with Gasteiger partial charge in [0.25, 0.3) is 0 Å². The first-order valence-corrected chi connectivity index (χ1v) is 9.56. The van der Waals surface area contributed by atoms with Crippen LogP contribution in [0.2, 0.25) is 0 Å². The lowest BCUT2D eigenvalue weighted by atomic mass is 9.89. The minimum absolute atomic E-state index is 0.320. The van der Waals surface area contributed by atoms with E-state index in [1.807, 2.05) is 6.07 Å². The fourth-order valence-electron chi connectivity index (χ4n) is 3.56. The van der Waals surface area contributed by atoms with Gasteiger partial charge in [-0.1, -0.05) is 66.7 Å². The van der Waals surface area contributed by atoms with Gasteiger partial charge >= 0.3 is 0 Å². The van der Waals surface area contributed by atoms with Gasteiger partial charge < -0.3 is 14.8 Å². The van der Waals surface area contributed by atoms with Gasteiger partial charge in [-0.25, -0.2) is 0 Å². The molecule has 0 bridgehead atoms. The SMILES string of the molecule is c1ccc(CNCCC(Cc2ccccc2)c2ccc3c(c2)OCO3)cc1. The first-order chi connectivity index (χ1) is 13.4. The molecule has 0 amide bonds. The van der Waals surface area contributed by atoms with Gasteiger partial charge in [0.05, 0.1) is 0 Å². The summed E-state index contributed by atoms with van der Waals surface area (Å²) in [6.45, 7) is 2.20. The molecule has 1 N–H and O–H groups in total. The molecule has 0 saturated heterocycles. The number of rotatable bonds is 8. The molecule has 1 unspecified atom stereocenters. The van der Waals surface area contributed by atoms with E-state index in [0.717, 1.165) is 37.4 Å². The lowest BCUT2D eigenvalue weighted by Gasteiger charge is -2.19. The summed E-state index contributed by atoms with van der Waals surface area (Å²) in [4.78, 5) is 0. The molecule has 138 valence electrons. The highest BCUT2D eigenvalue weighted by Gasteiger charge is 2.18. The monoisotopic (exact) mass is 359 g/mol. The third kappa shape index (κ3) is 4.69. The Morgan fingerprint density at radius 3 is 2.26 bits per heavy atom. The van der Waals surface area contributed by atoms with Crippen molar-refractivity contribution in [3.8, 4) is 11.5 Å². The topological polar surface area (TPSA) is 30.5 Å². The summed E-state index contributed by atoms with van der Waals surface area (Å²) >= 11 is 0. The van der Waals surface area contributed by atoms with Gasteiger partial charge in [-0.2, -0.15) is 0 Å². The van der Waals surface area contributed by atoms with Crippen LogP contribution < -0.4 is 14.8 Å². The molecule has 1 aliphatic heterocycles. The van der Waals surface area contributed by atoms with E-state index in [2.05, 4.69) is 78.1 Å². The predicted octanol–water partition coefficient (Wildman–Crippen LogP) is 4.92. The van der Waals surface area contributed by atoms with Crippen LogP contribution in [0.15, 0.2) is 78.9 Å². The number of hydrogen-bond acceptors (Lipinski definition) is 3. The van der Waals surface area contributed by atoms with E-state index >= 15 is 0 Å². The van der Waals surface area contributed by atoms with Crippen LogP contribution >= 0.6 is 0 Å². The van der Waals surface area contributed by atoms with E-state index in [-0.39, 0.29) is 0 Å². The van der Waals surface area contributed by atoms with Gasteiger partial charge in [0, 0.05) is 6.54 Å². The molecule has 1 atom stereocenters. The zero-order valence-corrected chi connectivity index (χ0v) is 15.4. The maximum Gasteiger partial charge on any atom is 0.231 e. The summed E-state index contributed by atoms with van der Waals surface area (Å²) in [5, 5.41) is 3.58. The Morgan fingerprint density at radius 2 is 1.48 bits per heavy atom. The average Bonchev–Trinajstić information content (AvgIpc) is 3.20. The third-order valence-electron chi connectivity index (χ3n) is 5.03. The molecule has 0 aromatic heterocycles. The third-order valence-corrected chi connectivity index (χ3v) is 5.03. The molecule has 0 spiro atoms. The van der Waals surface area contributed by atoms with Crippen LogP contribution in [0.25, 0.3) is 0 Å². The van der Waals surface area contributed by atoms with Gasteiger partial charge in [0.1, 0.15) is 0 Å². The van der Waals surface area contributed by atoms with Crippen LogP contribution in [0.1, 0.15) is 29.0 Å². The highest BCUT2D eigenvalue weighted by atomic mass is 16.7. The zero-order valence-electron chi connectivity index (χ0n) is 15.4. The second-order valence-corrected chi connectivity index (χ2v) is 6.95. The van der Waals surface area contributed by atoms with E-state index in [0.29, 0.717) is 12.7 Å². The summed E-state index contributed by atoms with van der Waals surface area (Å²) in [6, 6.07) is 27.6. The standard InChI is InChI=1S/C24H25NO2/c1-3-7-19(8-4-1)15-22(13-14-25-17-20-9-5-2-6-10-20)21-11-12-23-24(16-21)27-18-26-23/h1-12,16,22,25H,13-15,17-18H2. The normalized spacial score (nSPS) is 13.5. The molecule has 27 heavy (non-hydrogen) atoms. The Balaban J connectivity index is 1.43. The summed E-state index contributed by atoms with van der Waals surface area (Å²) in [5.41, 5.74) is 3.99. The minimum Gasteiger partial charge on any atom is -0.454 e. The summed E-state index contributed by atoms with van der Waals surface area (Å²) in [5.74, 6) is 2.15. The lowest BCUT2D eigenvalue weighted by molar-refractivity contribution is 0.174. The average molecular weight is 359 g/mol. The second kappa shape index (κ2) is 8.74. The Bertz CT molecular complexity index is 849. The number of hydrogen-bond donors (Lipinski definition) is 1. The van der Waals surface area contributed by atoms with E-state index in [9.17, 15) is 0 Å². The maximum atomic E-state index is 5.59. The highest BCUT2D eigenvalue weighted by molar-refractivity contribution is 5.45. The smallest absolute Gasteiger partial charge is 0.231 e. The molecule has 3 heteroatoms. The van der Waals surface area contributed by atoms with E-state index < -0.39 is 0 Å². The van der Waals surface area contributed by atoms with Crippen LogP contribution in [-0.4, -0.2) is 13.3 Å². The van der Waals surface area contributed by atoms with Gasteiger partial charge in [-0.3, -0.25) is 0 Å². The second-order valence-electron chi connectivity index (χ2n) is 6.95. The van der Waals surface area contributed by atoms with E-state index in [4.69, 9.17) is 9.47 Å². The van der Waals surface area contributed by atoms with Gasteiger partial charge in [0.2, 0.25) is 6.79 Å². The van der Waals surface area contributed by atoms with Gasteiger partial charge in [-0.05, 0) is 54.1 Å². The van der Waals surface area contributed by atoms with Gasteiger partial charge in [-0.15, -0.1) is 0 Å². The molecule has 0 aliphatic carbocycles. The Morgan fingerprint density at radius 1 is 0.778 bits per heavy atom. The largest absolute Gasteiger partial charge is 0.454 e. The Hall–Kier alpha value is -2.78. The van der Waals surface area contributed by atoms with Gasteiger partial charge in [0.15, 0.2) is 11.5 Å². The van der Waals surface area contributed by atoms with Crippen LogP contribution in [0.4, 0.5) is 0 Å². The van der Waals surface area contributed by atoms with E-state index in [1.165, 1.54) is 16.7 Å². The first kappa shape index (κ1) is 17.6. The molecule has 3 aromatic rings. The fourth-order valence-corrected chi connectivity index (χ4v) is 3.56. The van der Waals surface area contributed by atoms with E-state index in [1.54, 1.807) is 0 Å². The summed E-state index contributed by atoms with van der Waals surface area (Å²) in [7, 11) is 0. The Kier molecular flexibility index (Phi) is 5.70. The molecule has 0 saturated carbocycles. The van der Waals surface area contributed by atoms with Crippen molar-refractivity contribution in [3.05, 3.63) is 95.6 Å². The number of nitrogens with one attached hydrogen (secondary N) is 1. The number of ether oxygens (including phenoxy) is 2. The fraction of sp³-hybridized carbons (Fsp3) is 0.250. The molecule has 4 rings (SSSR count). The maximum absolute atomic E-state index is 5.59. The molecule has 3 nitrogen and oxygen atoms in total. The van der Waals surface area contributed by atoms with Crippen molar-refractivity contribution in [2.75, 3.05) is 13.3 Å². The van der Waals surface area contributed by atoms with Crippen LogP contribution in [0.3, 0.4) is 0 Å². The van der Waals surface area contributed by atoms with Crippen molar-refractivity contribution in [1.82, 2.24) is 5.32 Å². The van der Waals surface area contributed by atoms with Crippen molar-refractivity contribution in [2.45, 2.75) is 25.3 Å². The van der Waals surface area contributed by atoms with Crippen molar-refractivity contribution in [1.29, 1.82) is 0 Å². The lowest BCUT2D eigenvalue weighted by Crippen LogP contribution is -2.18. The molecule has 3 aromatic carbocycles. The summed E-state index contributed by atoms with van der Waals surface area (Å²) < 4.78 is 11.0. The molecule has 0 radical (unpaired) electrons. The molecule has 0 fully saturated rings. The minimum atomic E-state index is 0.320. The highest BCUT2D eigenvalue weighted by Crippen LogP contribution is 2.36. The predicted molar refractivity (Wildman–Crippen MR) is 108 cm³/mol. The van der Waals surface area contributed by atoms with Crippen LogP contribution in [-0.2, 0) is 13.0 Å². The number of fused-ring (bicyclic) bond motifs is 1. The van der Waals surface area contributed by atoms with Crippen LogP contribution in [0.5, 0.6) is 11.5 Å². The van der Waals surface area contributed by atoms with Crippen LogP contribution in [0, 0.1) is 0 Å². The zero-order chi connectivity index (χ0) is 18.3.